The number of aliphatic hydroxyl groups excluding tert-OH is 1. The molecule has 0 aliphatic rings. The number of fused-ring (bicyclic) bond motifs is 1. The first-order valence-corrected chi connectivity index (χ1v) is 10.3. The normalized spacial score (nSPS) is 12.5. The second-order valence-corrected chi connectivity index (χ2v) is 8.48. The zero-order valence-electron chi connectivity index (χ0n) is 16.4. The number of H-pyrrole nitrogens is 1. The highest BCUT2D eigenvalue weighted by Gasteiger charge is 2.25. The number of benzene rings is 1. The summed E-state index contributed by atoms with van der Waals surface area (Å²) in [6.45, 7) is 3.90. The predicted molar refractivity (Wildman–Crippen MR) is 116 cm³/mol. The molecule has 1 aromatic carbocycles. The Morgan fingerprint density at radius 1 is 1.13 bits per heavy atom. The van der Waals surface area contributed by atoms with Gasteiger partial charge in [0.25, 0.3) is 0 Å². The number of nitrogens with one attached hydrogen (secondary N) is 2. The third-order valence-corrected chi connectivity index (χ3v) is 5.47. The molecule has 0 fully saturated rings. The van der Waals surface area contributed by atoms with Gasteiger partial charge in [0.15, 0.2) is 5.82 Å². The lowest BCUT2D eigenvalue weighted by Crippen LogP contribution is -2.08. The highest BCUT2D eigenvalue weighted by atomic mass is 32.2. The van der Waals surface area contributed by atoms with Crippen molar-refractivity contribution in [1.82, 2.24) is 15.0 Å². The maximum absolute atomic E-state index is 15.1. The number of nitrogens with zero attached hydrogens (tertiary/aromatic N) is 2. The number of hydrogen-bond donors (Lipinski definition) is 3. The minimum absolute atomic E-state index is 0.123. The summed E-state index contributed by atoms with van der Waals surface area (Å²) in [5.41, 5.74) is 2.21. The van der Waals surface area contributed by atoms with Crippen LogP contribution in [0.4, 0.5) is 14.5 Å². The fraction of sp³-hybridized carbons (Fsp3) is 0.182. The second-order valence-electron chi connectivity index (χ2n) is 7.10. The SMILES string of the molecule is CC(C)SNc1ccc(F)c(C(O)c2c[nH]c3ncc(-c4cccnc4)cc23)c1F. The Balaban J connectivity index is 1.76. The smallest absolute Gasteiger partial charge is 0.156 e. The standard InChI is InChI=1S/C22H20F2N4OS/c1-12(2)30-28-18-6-5-17(23)19(20(18)24)21(29)16-11-27-22-15(16)8-14(10-26-22)13-4-3-7-25-9-13/h3-12,21,28-29H,1-2H3,(H,26,27). The molecule has 0 radical (unpaired) electrons. The Hall–Kier alpha value is -2.97. The molecule has 30 heavy (non-hydrogen) atoms. The summed E-state index contributed by atoms with van der Waals surface area (Å²) in [6.07, 6.45) is 5.07. The predicted octanol–water partition coefficient (Wildman–Crippen LogP) is 5.45. The molecule has 154 valence electrons. The van der Waals surface area contributed by atoms with Crippen LogP contribution < -0.4 is 4.72 Å². The van der Waals surface area contributed by atoms with Gasteiger partial charge in [0.1, 0.15) is 17.6 Å². The van der Waals surface area contributed by atoms with Gasteiger partial charge >= 0.3 is 0 Å². The lowest BCUT2D eigenvalue weighted by atomic mass is 9.98. The molecule has 0 aliphatic carbocycles. The summed E-state index contributed by atoms with van der Waals surface area (Å²) in [7, 11) is 0. The van der Waals surface area contributed by atoms with Crippen molar-refractivity contribution in [2.24, 2.45) is 0 Å². The van der Waals surface area contributed by atoms with Crippen LogP contribution in [0.3, 0.4) is 0 Å². The molecule has 1 atom stereocenters. The van der Waals surface area contributed by atoms with E-state index >= 15 is 4.39 Å². The summed E-state index contributed by atoms with van der Waals surface area (Å²) in [4.78, 5) is 11.4. The van der Waals surface area contributed by atoms with Crippen molar-refractivity contribution in [3.8, 4) is 11.1 Å². The molecule has 1 unspecified atom stereocenters. The summed E-state index contributed by atoms with van der Waals surface area (Å²) in [6, 6.07) is 8.00. The van der Waals surface area contributed by atoms with E-state index in [1.54, 1.807) is 18.6 Å². The van der Waals surface area contributed by atoms with E-state index in [1.807, 2.05) is 32.0 Å². The molecule has 0 aliphatic heterocycles. The van der Waals surface area contributed by atoms with Gasteiger partial charge in [-0.2, -0.15) is 0 Å². The number of aromatic nitrogens is 3. The van der Waals surface area contributed by atoms with Gasteiger partial charge in [-0.25, -0.2) is 13.8 Å². The van der Waals surface area contributed by atoms with Crippen LogP contribution in [0.1, 0.15) is 31.1 Å². The van der Waals surface area contributed by atoms with Crippen LogP contribution in [0.5, 0.6) is 0 Å². The minimum Gasteiger partial charge on any atom is -0.383 e. The Labute approximate surface area is 176 Å². The van der Waals surface area contributed by atoms with Gasteiger partial charge in [0, 0.05) is 52.1 Å². The molecule has 0 saturated carbocycles. The van der Waals surface area contributed by atoms with Crippen LogP contribution >= 0.6 is 11.9 Å². The molecule has 4 rings (SSSR count). The lowest BCUT2D eigenvalue weighted by molar-refractivity contribution is 0.211. The fourth-order valence-electron chi connectivity index (χ4n) is 3.18. The van der Waals surface area contributed by atoms with Gasteiger partial charge in [-0.1, -0.05) is 19.9 Å². The van der Waals surface area contributed by atoms with E-state index in [4.69, 9.17) is 0 Å². The molecule has 0 saturated heterocycles. The highest BCUT2D eigenvalue weighted by molar-refractivity contribution is 8.01. The van der Waals surface area contributed by atoms with Crippen molar-refractivity contribution < 1.29 is 13.9 Å². The van der Waals surface area contributed by atoms with Crippen LogP contribution in [0.15, 0.2) is 55.1 Å². The summed E-state index contributed by atoms with van der Waals surface area (Å²) < 4.78 is 32.5. The van der Waals surface area contributed by atoms with E-state index in [2.05, 4.69) is 19.7 Å². The molecule has 3 heterocycles. The van der Waals surface area contributed by atoms with Gasteiger partial charge < -0.3 is 14.8 Å². The summed E-state index contributed by atoms with van der Waals surface area (Å²) in [5.74, 6) is -1.63. The van der Waals surface area contributed by atoms with Gasteiger partial charge in [-0.15, -0.1) is 0 Å². The maximum atomic E-state index is 15.1. The molecular formula is C22H20F2N4OS. The van der Waals surface area contributed by atoms with Crippen LogP contribution in [-0.2, 0) is 0 Å². The van der Waals surface area contributed by atoms with E-state index in [0.717, 1.165) is 17.2 Å². The van der Waals surface area contributed by atoms with Crippen molar-refractivity contribution in [2.45, 2.75) is 25.2 Å². The number of anilines is 1. The van der Waals surface area contributed by atoms with Crippen LogP contribution in [0.2, 0.25) is 0 Å². The van der Waals surface area contributed by atoms with Crippen molar-refractivity contribution in [3.05, 3.63) is 77.9 Å². The largest absolute Gasteiger partial charge is 0.383 e. The van der Waals surface area contributed by atoms with Crippen LogP contribution in [-0.4, -0.2) is 25.3 Å². The van der Waals surface area contributed by atoms with E-state index in [9.17, 15) is 9.50 Å². The molecular weight excluding hydrogens is 406 g/mol. The number of aliphatic hydroxyl groups is 1. The quantitative estimate of drug-likeness (QED) is 0.357. The highest BCUT2D eigenvalue weighted by Crippen LogP contribution is 2.35. The topological polar surface area (TPSA) is 73.8 Å². The number of hydrogen-bond acceptors (Lipinski definition) is 5. The first-order valence-electron chi connectivity index (χ1n) is 9.40. The Morgan fingerprint density at radius 2 is 1.97 bits per heavy atom. The monoisotopic (exact) mass is 426 g/mol. The summed E-state index contributed by atoms with van der Waals surface area (Å²) >= 11 is 1.31. The van der Waals surface area contributed by atoms with Crippen molar-refractivity contribution in [3.63, 3.8) is 0 Å². The first kappa shape index (κ1) is 20.3. The average Bonchev–Trinajstić information content (AvgIpc) is 3.17. The molecule has 5 nitrogen and oxygen atoms in total. The lowest BCUT2D eigenvalue weighted by Gasteiger charge is -2.16. The Bertz CT molecular complexity index is 1180. The van der Waals surface area contributed by atoms with E-state index in [-0.39, 0.29) is 10.9 Å². The third-order valence-electron chi connectivity index (χ3n) is 4.66. The molecule has 8 heteroatoms. The van der Waals surface area contributed by atoms with E-state index < -0.39 is 23.3 Å². The fourth-order valence-corrected chi connectivity index (χ4v) is 3.70. The first-order chi connectivity index (χ1) is 14.5. The molecule has 4 aromatic rings. The zero-order chi connectivity index (χ0) is 21.3. The van der Waals surface area contributed by atoms with E-state index in [1.165, 1.54) is 24.2 Å². The van der Waals surface area contributed by atoms with Crippen LogP contribution in [0.25, 0.3) is 22.2 Å². The van der Waals surface area contributed by atoms with Gasteiger partial charge in [-0.3, -0.25) is 4.98 Å². The second kappa shape index (κ2) is 8.41. The number of halogens is 2. The molecule has 0 bridgehead atoms. The van der Waals surface area contributed by atoms with Gasteiger partial charge in [-0.05, 0) is 36.2 Å². The number of aromatic amines is 1. The van der Waals surface area contributed by atoms with Crippen molar-refractivity contribution in [1.29, 1.82) is 0 Å². The minimum atomic E-state index is -1.50. The third kappa shape index (κ3) is 3.88. The van der Waals surface area contributed by atoms with Gasteiger partial charge in [0.05, 0.1) is 11.3 Å². The van der Waals surface area contributed by atoms with Crippen LogP contribution in [0, 0.1) is 11.6 Å². The maximum Gasteiger partial charge on any atom is 0.156 e. The molecule has 0 amide bonds. The van der Waals surface area contributed by atoms with Crippen molar-refractivity contribution >= 4 is 28.7 Å². The molecule has 3 aromatic heterocycles. The summed E-state index contributed by atoms with van der Waals surface area (Å²) in [5, 5.41) is 11.7. The Morgan fingerprint density at radius 3 is 2.70 bits per heavy atom. The average molecular weight is 426 g/mol. The number of pyridine rings is 2. The van der Waals surface area contributed by atoms with Crippen molar-refractivity contribution in [2.75, 3.05) is 4.72 Å². The molecule has 0 spiro atoms. The van der Waals surface area contributed by atoms with Gasteiger partial charge in [0.2, 0.25) is 0 Å². The molecule has 3 N–H and O–H groups in total. The Kier molecular flexibility index (Phi) is 5.69. The zero-order valence-corrected chi connectivity index (χ0v) is 17.2. The van der Waals surface area contributed by atoms with E-state index in [0.29, 0.717) is 16.6 Å². The number of rotatable bonds is 6.